The van der Waals surface area contributed by atoms with Gasteiger partial charge in [0.2, 0.25) is 6.79 Å². The second-order valence-electron chi connectivity index (χ2n) is 9.81. The van der Waals surface area contributed by atoms with E-state index in [9.17, 15) is 4.79 Å². The SMILES string of the molecule is CCCCCN1C(=O)C(NCc2ccccc2)(C23C=C4CC(=CC2C3)OCO4)c2cccnc21. The smallest absolute Gasteiger partial charge is 0.254 e. The Labute approximate surface area is 200 Å². The minimum absolute atomic E-state index is 0.100. The summed E-state index contributed by atoms with van der Waals surface area (Å²) < 4.78 is 11.6. The number of rotatable bonds is 8. The van der Waals surface area contributed by atoms with E-state index in [-0.39, 0.29) is 18.6 Å². The van der Waals surface area contributed by atoms with Crippen LogP contribution in [0.15, 0.2) is 72.3 Å². The Kier molecular flexibility index (Phi) is 5.21. The van der Waals surface area contributed by atoms with Gasteiger partial charge >= 0.3 is 0 Å². The normalized spacial score (nSPS) is 28.7. The van der Waals surface area contributed by atoms with E-state index in [1.54, 1.807) is 6.20 Å². The summed E-state index contributed by atoms with van der Waals surface area (Å²) in [5.41, 5.74) is 0.799. The van der Waals surface area contributed by atoms with Crippen molar-refractivity contribution in [3.05, 3.63) is 83.5 Å². The minimum Gasteiger partial charge on any atom is -0.462 e. The van der Waals surface area contributed by atoms with Crippen molar-refractivity contribution >= 4 is 11.7 Å². The van der Waals surface area contributed by atoms with Crippen LogP contribution in [0.25, 0.3) is 0 Å². The number of aromatic nitrogens is 1. The summed E-state index contributed by atoms with van der Waals surface area (Å²) in [4.78, 5) is 21.2. The molecule has 3 heterocycles. The zero-order chi connectivity index (χ0) is 23.2. The summed E-state index contributed by atoms with van der Waals surface area (Å²) >= 11 is 0. The molecule has 0 spiro atoms. The Balaban J connectivity index is 1.48. The van der Waals surface area contributed by atoms with Crippen LogP contribution in [-0.4, -0.2) is 24.2 Å². The molecule has 1 aromatic heterocycles. The summed E-state index contributed by atoms with van der Waals surface area (Å²) in [5.74, 6) is 2.96. The van der Waals surface area contributed by atoms with Crippen LogP contribution < -0.4 is 10.2 Å². The molecule has 2 aliphatic carbocycles. The number of carbonyl (C=O) groups excluding carboxylic acids is 1. The number of carbonyl (C=O) groups is 1. The van der Waals surface area contributed by atoms with Crippen LogP contribution in [0.3, 0.4) is 0 Å². The molecule has 1 saturated carbocycles. The van der Waals surface area contributed by atoms with Crippen molar-refractivity contribution in [2.75, 3.05) is 18.2 Å². The quantitative estimate of drug-likeness (QED) is 0.578. The molecular formula is C28H31N3O3. The molecule has 3 unspecified atom stereocenters. The molecule has 176 valence electrons. The number of allylic oxidation sites excluding steroid dienone is 1. The van der Waals surface area contributed by atoms with Gasteiger partial charge in [-0.1, -0.05) is 56.2 Å². The predicted octanol–water partition coefficient (Wildman–Crippen LogP) is 4.79. The van der Waals surface area contributed by atoms with Gasteiger partial charge in [0.15, 0.2) is 0 Å². The average Bonchev–Trinajstić information content (AvgIpc) is 3.50. The number of hydrogen-bond donors (Lipinski definition) is 1. The fraction of sp³-hybridized carbons (Fsp3) is 0.429. The maximum atomic E-state index is 14.5. The zero-order valence-corrected chi connectivity index (χ0v) is 19.6. The number of nitrogens with zero attached hydrogens (tertiary/aromatic N) is 2. The molecule has 6 nitrogen and oxygen atoms in total. The maximum Gasteiger partial charge on any atom is 0.254 e. The molecular weight excluding hydrogens is 426 g/mol. The molecule has 6 rings (SSSR count). The topological polar surface area (TPSA) is 63.7 Å². The monoisotopic (exact) mass is 457 g/mol. The Morgan fingerprint density at radius 1 is 1.12 bits per heavy atom. The van der Waals surface area contributed by atoms with Gasteiger partial charge in [-0.05, 0) is 42.5 Å². The largest absolute Gasteiger partial charge is 0.462 e. The van der Waals surface area contributed by atoms with Crippen molar-refractivity contribution in [2.45, 2.75) is 51.1 Å². The van der Waals surface area contributed by atoms with Gasteiger partial charge in [-0.3, -0.25) is 15.0 Å². The number of fused-ring (bicyclic) bond motifs is 4. The first-order valence-corrected chi connectivity index (χ1v) is 12.4. The molecule has 0 radical (unpaired) electrons. The fourth-order valence-electron chi connectivity index (χ4n) is 6.05. The van der Waals surface area contributed by atoms with E-state index in [2.05, 4.69) is 42.6 Å². The van der Waals surface area contributed by atoms with E-state index in [0.717, 1.165) is 54.1 Å². The molecule has 34 heavy (non-hydrogen) atoms. The molecule has 2 aromatic rings. The molecule has 1 saturated heterocycles. The third-order valence-corrected chi connectivity index (χ3v) is 7.80. The number of nitrogens with one attached hydrogen (secondary N) is 1. The van der Waals surface area contributed by atoms with E-state index in [0.29, 0.717) is 19.5 Å². The first-order chi connectivity index (χ1) is 16.7. The lowest BCUT2D eigenvalue weighted by atomic mass is 9.74. The van der Waals surface area contributed by atoms with Crippen molar-refractivity contribution in [2.24, 2.45) is 11.3 Å². The van der Waals surface area contributed by atoms with Crippen molar-refractivity contribution in [3.8, 4) is 0 Å². The standard InChI is InChI=1S/C28H31N3O3/c1-2-3-7-13-31-25-24(11-8-12-29-25)28(26(31)32,30-18-20-9-5-4-6-10-20)27-16-21(27)14-22-15-23(17-27)34-19-33-22/h4-6,8-12,14,17,21,30H,2-3,7,13,15-16,18-19H2,1H3. The molecule has 6 heteroatoms. The van der Waals surface area contributed by atoms with Crippen LogP contribution in [-0.2, 0) is 26.4 Å². The van der Waals surface area contributed by atoms with E-state index < -0.39 is 11.0 Å². The lowest BCUT2D eigenvalue weighted by Crippen LogP contribution is -2.57. The Morgan fingerprint density at radius 2 is 1.97 bits per heavy atom. The Bertz CT molecular complexity index is 1160. The molecule has 2 bridgehead atoms. The van der Waals surface area contributed by atoms with Crippen LogP contribution in [0, 0.1) is 11.3 Å². The van der Waals surface area contributed by atoms with Crippen molar-refractivity contribution in [1.29, 1.82) is 0 Å². The third-order valence-electron chi connectivity index (χ3n) is 7.80. The highest BCUT2D eigenvalue weighted by atomic mass is 16.7. The molecule has 2 aliphatic heterocycles. The van der Waals surface area contributed by atoms with Crippen LogP contribution in [0.4, 0.5) is 5.82 Å². The number of hydrogen-bond acceptors (Lipinski definition) is 5. The number of benzene rings is 1. The molecule has 2 fully saturated rings. The van der Waals surface area contributed by atoms with Gasteiger partial charge in [-0.2, -0.15) is 0 Å². The number of ether oxygens (including phenoxy) is 2. The third kappa shape index (κ3) is 3.19. The zero-order valence-electron chi connectivity index (χ0n) is 19.6. The first-order valence-electron chi connectivity index (χ1n) is 12.4. The van der Waals surface area contributed by atoms with E-state index in [1.807, 2.05) is 29.2 Å². The van der Waals surface area contributed by atoms with Gasteiger partial charge in [-0.25, -0.2) is 4.98 Å². The highest BCUT2D eigenvalue weighted by Gasteiger charge is 2.73. The molecule has 1 amide bonds. The molecule has 4 aliphatic rings. The van der Waals surface area contributed by atoms with Crippen LogP contribution in [0.1, 0.15) is 50.2 Å². The van der Waals surface area contributed by atoms with Crippen molar-refractivity contribution in [3.63, 3.8) is 0 Å². The van der Waals surface area contributed by atoms with Gasteiger partial charge in [0.25, 0.3) is 5.91 Å². The first kappa shape index (κ1) is 21.4. The predicted molar refractivity (Wildman–Crippen MR) is 129 cm³/mol. The fourth-order valence-corrected chi connectivity index (χ4v) is 6.05. The van der Waals surface area contributed by atoms with Crippen molar-refractivity contribution < 1.29 is 14.3 Å². The second kappa shape index (κ2) is 8.27. The number of unbranched alkanes of at least 4 members (excludes halogenated alkanes) is 2. The number of anilines is 1. The highest BCUT2D eigenvalue weighted by molar-refractivity contribution is 6.08. The highest BCUT2D eigenvalue weighted by Crippen LogP contribution is 2.69. The van der Waals surface area contributed by atoms with Gasteiger partial charge in [-0.15, -0.1) is 0 Å². The number of pyridine rings is 1. The van der Waals surface area contributed by atoms with Gasteiger partial charge in [0.1, 0.15) is 22.9 Å². The average molecular weight is 458 g/mol. The maximum absolute atomic E-state index is 14.5. The minimum atomic E-state index is -0.909. The summed E-state index contributed by atoms with van der Waals surface area (Å²) in [7, 11) is 0. The second-order valence-corrected chi connectivity index (χ2v) is 9.81. The van der Waals surface area contributed by atoms with Crippen LogP contribution >= 0.6 is 0 Å². The van der Waals surface area contributed by atoms with Gasteiger partial charge in [0, 0.05) is 30.3 Å². The van der Waals surface area contributed by atoms with Gasteiger partial charge < -0.3 is 9.47 Å². The lowest BCUT2D eigenvalue weighted by Gasteiger charge is -2.37. The summed E-state index contributed by atoms with van der Waals surface area (Å²) in [6, 6.07) is 14.3. The summed E-state index contributed by atoms with van der Waals surface area (Å²) in [6.45, 7) is 3.70. The van der Waals surface area contributed by atoms with Gasteiger partial charge in [0.05, 0.1) is 6.42 Å². The van der Waals surface area contributed by atoms with Crippen molar-refractivity contribution in [1.82, 2.24) is 10.3 Å². The molecule has 1 N–H and O–H groups in total. The Morgan fingerprint density at radius 3 is 2.82 bits per heavy atom. The molecule has 3 atom stereocenters. The molecule has 1 aromatic carbocycles. The Hall–Kier alpha value is -3.12. The van der Waals surface area contributed by atoms with Crippen LogP contribution in [0.5, 0.6) is 0 Å². The van der Waals surface area contributed by atoms with E-state index >= 15 is 0 Å². The summed E-state index contributed by atoms with van der Waals surface area (Å²) in [6.07, 6.45) is 10.9. The lowest BCUT2D eigenvalue weighted by molar-refractivity contribution is -0.127. The van der Waals surface area contributed by atoms with E-state index in [4.69, 9.17) is 14.5 Å². The number of amides is 1. The van der Waals surface area contributed by atoms with Crippen LogP contribution in [0.2, 0.25) is 0 Å². The van der Waals surface area contributed by atoms with E-state index in [1.165, 1.54) is 0 Å². The summed E-state index contributed by atoms with van der Waals surface area (Å²) in [5, 5.41) is 3.80.